The van der Waals surface area contributed by atoms with Gasteiger partial charge in [0.1, 0.15) is 5.75 Å². The van der Waals surface area contributed by atoms with Gasteiger partial charge >= 0.3 is 0 Å². The van der Waals surface area contributed by atoms with Gasteiger partial charge in [-0.1, -0.05) is 43.3 Å². The van der Waals surface area contributed by atoms with Crippen molar-refractivity contribution in [2.24, 2.45) is 5.92 Å². The molecule has 4 heteroatoms. The molecule has 3 rings (SSSR count). The van der Waals surface area contributed by atoms with Gasteiger partial charge in [0.2, 0.25) is 0 Å². The Morgan fingerprint density at radius 1 is 1.10 bits per heavy atom. The summed E-state index contributed by atoms with van der Waals surface area (Å²) in [5.74, 6) is 1.70. The maximum atomic E-state index is 8.58. The third-order valence-electron chi connectivity index (χ3n) is 5.43. The molecule has 0 amide bonds. The second kappa shape index (κ2) is 11.6. The zero-order chi connectivity index (χ0) is 20.3. The van der Waals surface area contributed by atoms with E-state index in [-0.39, 0.29) is 0 Å². The van der Waals surface area contributed by atoms with E-state index in [0.29, 0.717) is 13.0 Å². The van der Waals surface area contributed by atoms with Gasteiger partial charge < -0.3 is 10.1 Å². The molecule has 1 aliphatic heterocycles. The van der Waals surface area contributed by atoms with E-state index >= 15 is 0 Å². The molecule has 29 heavy (non-hydrogen) atoms. The van der Waals surface area contributed by atoms with Crippen LogP contribution < -0.4 is 10.1 Å². The van der Waals surface area contributed by atoms with E-state index in [1.54, 1.807) is 0 Å². The fraction of sp³-hybridized carbons (Fsp3) is 0.480. The lowest BCUT2D eigenvalue weighted by Crippen LogP contribution is -2.33. The smallest absolute Gasteiger partial charge is 0.119 e. The standard InChI is InChI=1S/C25H33N3O/c1-21-6-5-14-28(19-21)20-23-11-9-22(10-12-23)17-27-18-24-7-4-8-25(16-24)29-15-3-2-13-26/h4,7-12,16,21,27H,2-3,5-6,14-15,17-20H2,1H3. The second-order valence-corrected chi connectivity index (χ2v) is 8.16. The highest BCUT2D eigenvalue weighted by atomic mass is 16.5. The van der Waals surface area contributed by atoms with Crippen molar-refractivity contribution in [2.45, 2.75) is 52.2 Å². The fourth-order valence-electron chi connectivity index (χ4n) is 3.89. The number of hydrogen-bond acceptors (Lipinski definition) is 4. The van der Waals surface area contributed by atoms with Crippen LogP contribution in [-0.4, -0.2) is 24.6 Å². The number of likely N-dealkylation sites (tertiary alicyclic amines) is 1. The summed E-state index contributed by atoms with van der Waals surface area (Å²) in [6, 6.07) is 19.3. The highest BCUT2D eigenvalue weighted by Gasteiger charge is 2.16. The maximum absolute atomic E-state index is 8.58. The Kier molecular flexibility index (Phi) is 8.55. The van der Waals surface area contributed by atoms with E-state index in [1.807, 2.05) is 12.1 Å². The first-order valence-electron chi connectivity index (χ1n) is 10.8. The summed E-state index contributed by atoms with van der Waals surface area (Å²) >= 11 is 0. The minimum atomic E-state index is 0.539. The molecule has 0 saturated carbocycles. The summed E-state index contributed by atoms with van der Waals surface area (Å²) in [7, 11) is 0. The Bertz CT molecular complexity index is 781. The van der Waals surface area contributed by atoms with Crippen LogP contribution >= 0.6 is 0 Å². The molecule has 1 N–H and O–H groups in total. The number of benzene rings is 2. The molecule has 1 unspecified atom stereocenters. The summed E-state index contributed by atoms with van der Waals surface area (Å²) in [4.78, 5) is 2.58. The summed E-state index contributed by atoms with van der Waals surface area (Å²) in [5.41, 5.74) is 3.92. The molecule has 1 heterocycles. The SMILES string of the molecule is CC1CCCN(Cc2ccc(CNCc3cccc(OCCCC#N)c3)cc2)C1. The molecule has 1 fully saturated rings. The molecular weight excluding hydrogens is 358 g/mol. The Hall–Kier alpha value is -2.35. The molecule has 0 bridgehead atoms. The van der Waals surface area contributed by atoms with E-state index in [9.17, 15) is 0 Å². The first-order valence-corrected chi connectivity index (χ1v) is 10.8. The first kappa shape index (κ1) is 21.4. The summed E-state index contributed by atoms with van der Waals surface area (Å²) in [6.07, 6.45) is 4.01. The summed E-state index contributed by atoms with van der Waals surface area (Å²) < 4.78 is 5.71. The molecule has 1 aliphatic rings. The van der Waals surface area contributed by atoms with Gasteiger partial charge in [-0.3, -0.25) is 4.90 Å². The van der Waals surface area contributed by atoms with Crippen LogP contribution in [0.15, 0.2) is 48.5 Å². The first-order chi connectivity index (χ1) is 14.2. The third-order valence-corrected chi connectivity index (χ3v) is 5.43. The third kappa shape index (κ3) is 7.53. The van der Waals surface area contributed by atoms with Gasteiger partial charge in [-0.05, 0) is 60.5 Å². The monoisotopic (exact) mass is 391 g/mol. The predicted molar refractivity (Wildman–Crippen MR) is 117 cm³/mol. The van der Waals surface area contributed by atoms with E-state index < -0.39 is 0 Å². The zero-order valence-electron chi connectivity index (χ0n) is 17.6. The molecule has 154 valence electrons. The average molecular weight is 392 g/mol. The Labute approximate surface area is 175 Å². The van der Waals surface area contributed by atoms with Crippen molar-refractivity contribution in [2.75, 3.05) is 19.7 Å². The Morgan fingerprint density at radius 2 is 1.90 bits per heavy atom. The number of nitrogens with one attached hydrogen (secondary N) is 1. The number of ether oxygens (including phenoxy) is 1. The summed E-state index contributed by atoms with van der Waals surface area (Å²) in [6.45, 7) is 8.14. The predicted octanol–water partition coefficient (Wildman–Crippen LogP) is 4.89. The molecule has 1 atom stereocenters. The fourth-order valence-corrected chi connectivity index (χ4v) is 3.89. The number of unbranched alkanes of at least 4 members (excludes halogenated alkanes) is 1. The van der Waals surface area contributed by atoms with Crippen LogP contribution in [0.3, 0.4) is 0 Å². The number of piperidine rings is 1. The lowest BCUT2D eigenvalue weighted by molar-refractivity contribution is 0.176. The van der Waals surface area contributed by atoms with Crippen LogP contribution in [0.25, 0.3) is 0 Å². The van der Waals surface area contributed by atoms with E-state index in [4.69, 9.17) is 10.00 Å². The van der Waals surface area contributed by atoms with Crippen molar-refractivity contribution in [3.05, 3.63) is 65.2 Å². The molecule has 0 aromatic heterocycles. The normalized spacial score (nSPS) is 17.0. The van der Waals surface area contributed by atoms with Crippen molar-refractivity contribution in [1.29, 1.82) is 5.26 Å². The van der Waals surface area contributed by atoms with Crippen LogP contribution in [0.4, 0.5) is 0 Å². The van der Waals surface area contributed by atoms with Crippen LogP contribution in [0.1, 0.15) is 49.3 Å². The minimum absolute atomic E-state index is 0.539. The van der Waals surface area contributed by atoms with Crippen LogP contribution in [0.5, 0.6) is 5.75 Å². The van der Waals surface area contributed by atoms with Gasteiger partial charge in [0.15, 0.2) is 0 Å². The van der Waals surface area contributed by atoms with Crippen molar-refractivity contribution in [3.8, 4) is 11.8 Å². The molecule has 2 aromatic carbocycles. The molecule has 0 radical (unpaired) electrons. The van der Waals surface area contributed by atoms with Gasteiger partial charge in [0.05, 0.1) is 12.7 Å². The quantitative estimate of drug-likeness (QED) is 0.586. The Morgan fingerprint density at radius 3 is 2.69 bits per heavy atom. The van der Waals surface area contributed by atoms with Crippen molar-refractivity contribution in [3.63, 3.8) is 0 Å². The van der Waals surface area contributed by atoms with Crippen LogP contribution in [0, 0.1) is 17.2 Å². The lowest BCUT2D eigenvalue weighted by Gasteiger charge is -2.30. The van der Waals surface area contributed by atoms with Gasteiger partial charge in [0, 0.05) is 32.6 Å². The summed E-state index contributed by atoms with van der Waals surface area (Å²) in [5, 5.41) is 12.1. The molecule has 1 saturated heterocycles. The van der Waals surface area contributed by atoms with Gasteiger partial charge in [-0.15, -0.1) is 0 Å². The molecule has 0 spiro atoms. The molecule has 0 aliphatic carbocycles. The van der Waals surface area contributed by atoms with Gasteiger partial charge in [-0.25, -0.2) is 0 Å². The minimum Gasteiger partial charge on any atom is -0.494 e. The second-order valence-electron chi connectivity index (χ2n) is 8.16. The maximum Gasteiger partial charge on any atom is 0.119 e. The number of rotatable bonds is 10. The largest absolute Gasteiger partial charge is 0.494 e. The van der Waals surface area contributed by atoms with Crippen molar-refractivity contribution in [1.82, 2.24) is 10.2 Å². The van der Waals surface area contributed by atoms with Crippen LogP contribution in [0.2, 0.25) is 0 Å². The molecule has 2 aromatic rings. The molecule has 4 nitrogen and oxygen atoms in total. The van der Waals surface area contributed by atoms with E-state index in [2.05, 4.69) is 59.6 Å². The Balaban J connectivity index is 1.40. The van der Waals surface area contributed by atoms with Gasteiger partial charge in [0.25, 0.3) is 0 Å². The number of nitriles is 1. The van der Waals surface area contributed by atoms with Crippen molar-refractivity contribution >= 4 is 0 Å². The number of nitrogens with zero attached hydrogens (tertiary/aromatic N) is 2. The highest BCUT2D eigenvalue weighted by molar-refractivity contribution is 5.28. The van der Waals surface area contributed by atoms with E-state index in [1.165, 1.54) is 42.6 Å². The van der Waals surface area contributed by atoms with Gasteiger partial charge in [-0.2, -0.15) is 5.26 Å². The van der Waals surface area contributed by atoms with Crippen LogP contribution in [-0.2, 0) is 19.6 Å². The topological polar surface area (TPSA) is 48.3 Å². The zero-order valence-corrected chi connectivity index (χ0v) is 17.6. The lowest BCUT2D eigenvalue weighted by atomic mass is 9.99. The highest BCUT2D eigenvalue weighted by Crippen LogP contribution is 2.18. The average Bonchev–Trinajstić information content (AvgIpc) is 2.73. The molecular formula is C25H33N3O. The van der Waals surface area contributed by atoms with E-state index in [0.717, 1.165) is 37.7 Å². The number of hydrogen-bond donors (Lipinski definition) is 1. The van der Waals surface area contributed by atoms with Crippen molar-refractivity contribution < 1.29 is 4.74 Å².